The van der Waals surface area contributed by atoms with Crippen LogP contribution < -0.4 is 4.90 Å². The van der Waals surface area contributed by atoms with Crippen LogP contribution in [-0.4, -0.2) is 46.2 Å². The number of aliphatic carboxylic acids is 1. The number of rotatable bonds is 6. The lowest BCUT2D eigenvalue weighted by Gasteiger charge is -2.47. The fourth-order valence-electron chi connectivity index (χ4n) is 5.15. The van der Waals surface area contributed by atoms with Gasteiger partial charge in [0, 0.05) is 24.4 Å². The van der Waals surface area contributed by atoms with Crippen LogP contribution in [0.1, 0.15) is 70.4 Å². The molecule has 1 N–H and O–H groups in total. The van der Waals surface area contributed by atoms with Gasteiger partial charge in [0.15, 0.2) is 0 Å². The molecule has 0 spiro atoms. The molecule has 2 amide bonds. The van der Waals surface area contributed by atoms with E-state index < -0.39 is 5.97 Å². The molecular weight excluding hydrogens is 384 g/mol. The summed E-state index contributed by atoms with van der Waals surface area (Å²) < 4.78 is 5.56. The Kier molecular flexibility index (Phi) is 5.71. The van der Waals surface area contributed by atoms with Crippen molar-refractivity contribution in [1.29, 1.82) is 0 Å². The molecule has 1 heterocycles. The average Bonchev–Trinajstić information content (AvgIpc) is 3.41. The Morgan fingerprint density at radius 3 is 2.53 bits per heavy atom. The highest BCUT2D eigenvalue weighted by molar-refractivity contribution is 5.91. The van der Waals surface area contributed by atoms with Crippen molar-refractivity contribution in [2.45, 2.75) is 83.0 Å². The summed E-state index contributed by atoms with van der Waals surface area (Å²) in [6.07, 6.45) is 4.04. The van der Waals surface area contributed by atoms with E-state index in [1.54, 1.807) is 4.90 Å². The summed E-state index contributed by atoms with van der Waals surface area (Å²) in [5, 5.41) is 9.06. The SMILES string of the molecule is CC(C)OC(=O)N1c2ccccc2[C@H](N(C(=O)CCC(=O)O)C2CC2)[C@H]2CCC[C@H]21. The van der Waals surface area contributed by atoms with Gasteiger partial charge in [0.1, 0.15) is 0 Å². The van der Waals surface area contributed by atoms with Gasteiger partial charge in [-0.05, 0) is 51.2 Å². The van der Waals surface area contributed by atoms with Gasteiger partial charge in [0.2, 0.25) is 5.91 Å². The number of nitrogens with zero attached hydrogens (tertiary/aromatic N) is 2. The van der Waals surface area contributed by atoms with Gasteiger partial charge in [-0.1, -0.05) is 24.6 Å². The number of carbonyl (C=O) groups is 3. The molecule has 2 aliphatic carbocycles. The van der Waals surface area contributed by atoms with Crippen molar-refractivity contribution in [3.63, 3.8) is 0 Å². The molecule has 7 nitrogen and oxygen atoms in total. The predicted octanol–water partition coefficient (Wildman–Crippen LogP) is 4.12. The molecule has 0 radical (unpaired) electrons. The predicted molar refractivity (Wildman–Crippen MR) is 111 cm³/mol. The normalized spacial score (nSPS) is 24.9. The number of ether oxygens (including phenoxy) is 1. The number of carboxylic acid groups (broad SMARTS) is 1. The number of anilines is 1. The Bertz CT molecular complexity index is 835. The monoisotopic (exact) mass is 414 g/mol. The average molecular weight is 415 g/mol. The molecular formula is C23H30N2O5. The van der Waals surface area contributed by atoms with Gasteiger partial charge in [-0.2, -0.15) is 0 Å². The second-order valence-corrected chi connectivity index (χ2v) is 8.89. The maximum absolute atomic E-state index is 13.1. The summed E-state index contributed by atoms with van der Waals surface area (Å²) in [6, 6.07) is 7.83. The molecule has 30 heavy (non-hydrogen) atoms. The molecule has 1 aliphatic heterocycles. The van der Waals surface area contributed by atoms with Crippen molar-refractivity contribution in [2.75, 3.05) is 4.90 Å². The third kappa shape index (κ3) is 3.89. The van der Waals surface area contributed by atoms with Crippen molar-refractivity contribution in [3.8, 4) is 0 Å². The Morgan fingerprint density at radius 2 is 1.87 bits per heavy atom. The molecule has 7 heteroatoms. The molecule has 0 saturated heterocycles. The highest BCUT2D eigenvalue weighted by Gasteiger charge is 2.51. The zero-order chi connectivity index (χ0) is 21.4. The first kappa shape index (κ1) is 20.7. The van der Waals surface area contributed by atoms with Gasteiger partial charge in [-0.3, -0.25) is 14.5 Å². The first-order valence-corrected chi connectivity index (χ1v) is 11.0. The van der Waals surface area contributed by atoms with Crippen LogP contribution in [0.2, 0.25) is 0 Å². The minimum atomic E-state index is -0.954. The molecule has 2 fully saturated rings. The quantitative estimate of drug-likeness (QED) is 0.757. The molecule has 162 valence electrons. The number of amides is 2. The summed E-state index contributed by atoms with van der Waals surface area (Å²) in [6.45, 7) is 3.69. The van der Waals surface area contributed by atoms with Crippen LogP contribution in [0, 0.1) is 5.92 Å². The molecule has 0 unspecified atom stereocenters. The molecule has 4 rings (SSSR count). The molecule has 3 atom stereocenters. The minimum Gasteiger partial charge on any atom is -0.481 e. The zero-order valence-corrected chi connectivity index (χ0v) is 17.6. The van der Waals surface area contributed by atoms with Crippen LogP contribution in [0.25, 0.3) is 0 Å². The maximum atomic E-state index is 13.1. The number of hydrogen-bond acceptors (Lipinski definition) is 4. The van der Waals surface area contributed by atoms with Crippen molar-refractivity contribution in [3.05, 3.63) is 29.8 Å². The van der Waals surface area contributed by atoms with Gasteiger partial charge in [-0.25, -0.2) is 4.79 Å². The Morgan fingerprint density at radius 1 is 1.13 bits per heavy atom. The van der Waals surface area contributed by atoms with E-state index in [4.69, 9.17) is 9.84 Å². The first-order valence-electron chi connectivity index (χ1n) is 11.0. The molecule has 0 bridgehead atoms. The smallest absolute Gasteiger partial charge is 0.414 e. The fraction of sp³-hybridized carbons (Fsp3) is 0.609. The van der Waals surface area contributed by atoms with Crippen LogP contribution in [-0.2, 0) is 14.3 Å². The molecule has 0 aromatic heterocycles. The first-order chi connectivity index (χ1) is 14.4. The zero-order valence-electron chi connectivity index (χ0n) is 17.6. The topological polar surface area (TPSA) is 87.2 Å². The van der Waals surface area contributed by atoms with E-state index in [9.17, 15) is 14.4 Å². The lowest BCUT2D eigenvalue weighted by atomic mass is 9.81. The van der Waals surface area contributed by atoms with E-state index in [1.807, 2.05) is 43.0 Å². The minimum absolute atomic E-state index is 0.00956. The van der Waals surface area contributed by atoms with Crippen LogP contribution in [0.4, 0.5) is 10.5 Å². The van der Waals surface area contributed by atoms with Gasteiger partial charge < -0.3 is 14.7 Å². The van der Waals surface area contributed by atoms with Crippen LogP contribution in [0.5, 0.6) is 0 Å². The molecule has 1 aromatic rings. The summed E-state index contributed by atoms with van der Waals surface area (Å²) in [5.74, 6) is -0.915. The highest BCUT2D eigenvalue weighted by Crippen LogP contribution is 2.52. The molecule has 2 saturated carbocycles. The van der Waals surface area contributed by atoms with E-state index in [2.05, 4.69) is 0 Å². The van der Waals surface area contributed by atoms with Crippen molar-refractivity contribution >= 4 is 23.7 Å². The summed E-state index contributed by atoms with van der Waals surface area (Å²) in [4.78, 5) is 41.0. The van der Waals surface area contributed by atoms with Crippen molar-refractivity contribution < 1.29 is 24.2 Å². The van der Waals surface area contributed by atoms with E-state index in [1.165, 1.54) is 0 Å². The number of benzene rings is 1. The molecule has 3 aliphatic rings. The van der Waals surface area contributed by atoms with Crippen LogP contribution >= 0.6 is 0 Å². The van der Waals surface area contributed by atoms with E-state index >= 15 is 0 Å². The largest absolute Gasteiger partial charge is 0.481 e. The number of para-hydroxylation sites is 1. The summed E-state index contributed by atoms with van der Waals surface area (Å²) >= 11 is 0. The molecule has 1 aromatic carbocycles. The summed E-state index contributed by atoms with van der Waals surface area (Å²) in [7, 11) is 0. The Labute approximate surface area is 177 Å². The van der Waals surface area contributed by atoms with Gasteiger partial charge in [0.05, 0.1) is 24.3 Å². The number of carboxylic acids is 1. The standard InChI is InChI=1S/C23H30N2O5/c1-14(2)30-23(29)25-18-8-4-3-6-16(18)22(17-7-5-9-19(17)25)24(15-10-11-15)20(26)12-13-21(27)28/h3-4,6,8,14-15,17,19,22H,5,7,9-13H2,1-2H3,(H,27,28)/t17-,19+,22-/m0/s1. The highest BCUT2D eigenvalue weighted by atomic mass is 16.6. The van der Waals surface area contributed by atoms with E-state index in [0.29, 0.717) is 0 Å². The Hall–Kier alpha value is -2.57. The van der Waals surface area contributed by atoms with Crippen LogP contribution in [0.3, 0.4) is 0 Å². The third-order valence-electron chi connectivity index (χ3n) is 6.40. The summed E-state index contributed by atoms with van der Waals surface area (Å²) in [5.41, 5.74) is 1.78. The van der Waals surface area contributed by atoms with Gasteiger partial charge >= 0.3 is 12.1 Å². The second kappa shape index (κ2) is 8.28. The lowest BCUT2D eigenvalue weighted by Crippen LogP contribution is -2.53. The van der Waals surface area contributed by atoms with E-state index in [0.717, 1.165) is 43.4 Å². The second-order valence-electron chi connectivity index (χ2n) is 8.89. The lowest BCUT2D eigenvalue weighted by molar-refractivity contribution is -0.142. The number of carbonyl (C=O) groups excluding carboxylic acids is 2. The van der Waals surface area contributed by atoms with Crippen molar-refractivity contribution in [2.24, 2.45) is 5.92 Å². The number of fused-ring (bicyclic) bond motifs is 2. The fourth-order valence-corrected chi connectivity index (χ4v) is 5.15. The van der Waals surface area contributed by atoms with Crippen LogP contribution in [0.15, 0.2) is 24.3 Å². The van der Waals surface area contributed by atoms with Gasteiger partial charge in [-0.15, -0.1) is 0 Å². The van der Waals surface area contributed by atoms with Crippen molar-refractivity contribution in [1.82, 2.24) is 4.90 Å². The van der Waals surface area contributed by atoms with E-state index in [-0.39, 0.29) is 55.0 Å². The number of hydrogen-bond donors (Lipinski definition) is 1. The maximum Gasteiger partial charge on any atom is 0.414 e. The Balaban J connectivity index is 1.73. The third-order valence-corrected chi connectivity index (χ3v) is 6.40. The van der Waals surface area contributed by atoms with Gasteiger partial charge in [0.25, 0.3) is 0 Å².